The van der Waals surface area contributed by atoms with Gasteiger partial charge in [0.25, 0.3) is 0 Å². The maximum Gasteiger partial charge on any atom is 0.310 e. The Morgan fingerprint density at radius 3 is 2.33 bits per heavy atom. The Morgan fingerprint density at radius 1 is 1.07 bits per heavy atom. The van der Waals surface area contributed by atoms with Crippen LogP contribution in [0.25, 0.3) is 0 Å². The van der Waals surface area contributed by atoms with E-state index in [0.717, 1.165) is 22.6 Å². The number of carbonyl (C=O) groups excluding carboxylic acids is 2. The van der Waals surface area contributed by atoms with Crippen molar-refractivity contribution >= 4 is 11.8 Å². The minimum Gasteiger partial charge on any atom is -0.489 e. The monoisotopic (exact) mass is 411 g/mol. The highest BCUT2D eigenvalue weighted by Gasteiger charge is 2.19. The number of hydrogen-bond acceptors (Lipinski definition) is 6. The summed E-state index contributed by atoms with van der Waals surface area (Å²) in [6, 6.07) is 12.1. The molecule has 1 heterocycles. The molecule has 6 nitrogen and oxygen atoms in total. The smallest absolute Gasteiger partial charge is 0.310 e. The number of aryl methyl sites for hydroxylation is 2. The molecule has 156 valence electrons. The van der Waals surface area contributed by atoms with Gasteiger partial charge in [0.2, 0.25) is 5.78 Å². The summed E-state index contributed by atoms with van der Waals surface area (Å²) in [6.45, 7) is 5.52. The fourth-order valence-electron chi connectivity index (χ4n) is 2.87. The first-order valence-corrected chi connectivity index (χ1v) is 9.46. The van der Waals surface area contributed by atoms with Gasteiger partial charge in [-0.25, -0.2) is 4.39 Å². The van der Waals surface area contributed by atoms with E-state index in [9.17, 15) is 14.0 Å². The third-order valence-corrected chi connectivity index (χ3v) is 4.64. The number of Topliss-reactive ketones (excluding diaryl/α,β-unsaturated/α-hetero) is 1. The molecule has 0 amide bonds. The summed E-state index contributed by atoms with van der Waals surface area (Å²) >= 11 is 0. The van der Waals surface area contributed by atoms with Crippen LogP contribution in [0.1, 0.15) is 39.9 Å². The molecule has 7 heteroatoms. The van der Waals surface area contributed by atoms with Crippen LogP contribution in [0, 0.1) is 19.7 Å². The van der Waals surface area contributed by atoms with Crippen molar-refractivity contribution in [3.63, 3.8) is 0 Å². The molecule has 0 spiro atoms. The molecule has 3 aromatic rings. The molecule has 0 saturated heterocycles. The average molecular weight is 411 g/mol. The molecular weight excluding hydrogens is 389 g/mol. The van der Waals surface area contributed by atoms with Gasteiger partial charge in [-0.3, -0.25) is 9.59 Å². The normalized spacial score (nSPS) is 11.7. The number of rotatable bonds is 8. The fourth-order valence-corrected chi connectivity index (χ4v) is 2.87. The van der Waals surface area contributed by atoms with Crippen molar-refractivity contribution in [2.75, 3.05) is 0 Å². The third-order valence-electron chi connectivity index (χ3n) is 4.64. The molecule has 0 aliphatic heterocycles. The van der Waals surface area contributed by atoms with E-state index in [1.807, 2.05) is 13.8 Å². The lowest BCUT2D eigenvalue weighted by atomic mass is 10.1. The van der Waals surface area contributed by atoms with Crippen LogP contribution in [0.3, 0.4) is 0 Å². The number of halogens is 1. The van der Waals surface area contributed by atoms with Crippen LogP contribution in [-0.4, -0.2) is 23.0 Å². The van der Waals surface area contributed by atoms with E-state index in [1.54, 1.807) is 24.3 Å². The second-order valence-corrected chi connectivity index (χ2v) is 6.92. The van der Waals surface area contributed by atoms with Crippen LogP contribution in [0.2, 0.25) is 0 Å². The number of hydrogen-bond donors (Lipinski definition) is 0. The number of ether oxygens (including phenoxy) is 2. The first-order valence-electron chi connectivity index (χ1n) is 9.46. The molecule has 0 N–H and O–H groups in total. The lowest BCUT2D eigenvalue weighted by Gasteiger charge is -2.12. The number of aromatic nitrogens is 1. The zero-order valence-electron chi connectivity index (χ0n) is 17.0. The first kappa shape index (κ1) is 21.2. The third kappa shape index (κ3) is 5.31. The fraction of sp³-hybridized carbons (Fsp3) is 0.261. The van der Waals surface area contributed by atoms with Gasteiger partial charge in [-0.2, -0.15) is 0 Å². The topological polar surface area (TPSA) is 78.6 Å². The lowest BCUT2D eigenvalue weighted by Crippen LogP contribution is -2.25. The SMILES string of the molecule is Cc1noc(C)c1COc1ccc(CC(=O)O[C@H](C)C(=O)c2ccc(F)cc2)cc1. The van der Waals surface area contributed by atoms with Gasteiger partial charge < -0.3 is 14.0 Å². The van der Waals surface area contributed by atoms with Gasteiger partial charge in [-0.1, -0.05) is 17.3 Å². The molecular formula is C23H22FNO5. The molecule has 1 atom stereocenters. The summed E-state index contributed by atoms with van der Waals surface area (Å²) in [6.07, 6.45) is -0.939. The van der Waals surface area contributed by atoms with Gasteiger partial charge in [0.15, 0.2) is 6.10 Å². The minimum atomic E-state index is -0.958. The van der Waals surface area contributed by atoms with Crippen LogP contribution in [0.4, 0.5) is 4.39 Å². The van der Waals surface area contributed by atoms with Crippen molar-refractivity contribution in [2.45, 2.75) is 39.9 Å². The van der Waals surface area contributed by atoms with Crippen molar-refractivity contribution in [3.8, 4) is 5.75 Å². The van der Waals surface area contributed by atoms with E-state index in [-0.39, 0.29) is 17.8 Å². The maximum atomic E-state index is 13.0. The van der Waals surface area contributed by atoms with Gasteiger partial charge in [-0.05, 0) is 62.7 Å². The Hall–Kier alpha value is -3.48. The Morgan fingerprint density at radius 2 is 1.73 bits per heavy atom. The highest BCUT2D eigenvalue weighted by Crippen LogP contribution is 2.18. The highest BCUT2D eigenvalue weighted by atomic mass is 19.1. The second-order valence-electron chi connectivity index (χ2n) is 6.92. The summed E-state index contributed by atoms with van der Waals surface area (Å²) in [5, 5.41) is 3.89. The van der Waals surface area contributed by atoms with Crippen LogP contribution >= 0.6 is 0 Å². The van der Waals surface area contributed by atoms with Crippen molar-refractivity contribution in [3.05, 3.63) is 82.5 Å². The van der Waals surface area contributed by atoms with Crippen LogP contribution in [0.5, 0.6) is 5.75 Å². The molecule has 2 aromatic carbocycles. The van der Waals surface area contributed by atoms with Crippen LogP contribution in [-0.2, 0) is 22.6 Å². The van der Waals surface area contributed by atoms with Gasteiger partial charge in [0.05, 0.1) is 17.7 Å². The Labute approximate surface area is 173 Å². The van der Waals surface area contributed by atoms with Gasteiger partial charge in [0, 0.05) is 5.56 Å². The number of ketones is 1. The van der Waals surface area contributed by atoms with Crippen molar-refractivity contribution in [1.29, 1.82) is 0 Å². The van der Waals surface area contributed by atoms with E-state index in [4.69, 9.17) is 14.0 Å². The number of benzene rings is 2. The predicted octanol–water partition coefficient (Wildman–Crippen LogP) is 4.37. The maximum absolute atomic E-state index is 13.0. The predicted molar refractivity (Wildman–Crippen MR) is 107 cm³/mol. The van der Waals surface area contributed by atoms with E-state index in [1.165, 1.54) is 31.2 Å². The molecule has 0 aliphatic rings. The van der Waals surface area contributed by atoms with Crippen molar-refractivity contribution in [2.24, 2.45) is 0 Å². The molecule has 1 aromatic heterocycles. The van der Waals surface area contributed by atoms with Gasteiger partial charge in [0.1, 0.15) is 23.9 Å². The summed E-state index contributed by atoms with van der Waals surface area (Å²) in [5.41, 5.74) is 2.71. The quantitative estimate of drug-likeness (QED) is 0.405. The Bertz CT molecular complexity index is 1010. The second kappa shape index (κ2) is 9.35. The molecule has 0 radical (unpaired) electrons. The minimum absolute atomic E-state index is 0.0190. The summed E-state index contributed by atoms with van der Waals surface area (Å²) in [4.78, 5) is 24.4. The van der Waals surface area contributed by atoms with E-state index >= 15 is 0 Å². The first-order chi connectivity index (χ1) is 14.3. The van der Waals surface area contributed by atoms with E-state index in [2.05, 4.69) is 5.16 Å². The largest absolute Gasteiger partial charge is 0.489 e. The molecule has 0 unspecified atom stereocenters. The molecule has 0 bridgehead atoms. The molecule has 30 heavy (non-hydrogen) atoms. The number of nitrogens with zero attached hydrogens (tertiary/aromatic N) is 1. The molecule has 3 rings (SSSR count). The standard InChI is InChI=1S/C23H22FNO5/c1-14-21(15(2)30-25-14)13-28-20-10-4-17(5-11-20)12-22(26)29-16(3)23(27)18-6-8-19(24)9-7-18/h4-11,16H,12-13H2,1-3H3/t16-/m1/s1. The number of esters is 1. The number of carbonyl (C=O) groups is 2. The summed E-state index contributed by atoms with van der Waals surface area (Å²) in [7, 11) is 0. The summed E-state index contributed by atoms with van der Waals surface area (Å²) in [5.74, 6) is 0.0206. The van der Waals surface area contributed by atoms with E-state index < -0.39 is 17.9 Å². The lowest BCUT2D eigenvalue weighted by molar-refractivity contribution is -0.145. The molecule has 0 saturated carbocycles. The molecule has 0 fully saturated rings. The molecule has 0 aliphatic carbocycles. The zero-order valence-corrected chi connectivity index (χ0v) is 17.0. The highest BCUT2D eigenvalue weighted by molar-refractivity contribution is 6.00. The van der Waals surface area contributed by atoms with Gasteiger partial charge in [-0.15, -0.1) is 0 Å². The summed E-state index contributed by atoms with van der Waals surface area (Å²) < 4.78 is 29.0. The van der Waals surface area contributed by atoms with Crippen molar-refractivity contribution in [1.82, 2.24) is 5.16 Å². The van der Waals surface area contributed by atoms with E-state index in [0.29, 0.717) is 12.4 Å². The Kier molecular flexibility index (Phi) is 6.61. The Balaban J connectivity index is 1.51. The average Bonchev–Trinajstić information content (AvgIpc) is 3.05. The van der Waals surface area contributed by atoms with Crippen LogP contribution < -0.4 is 4.74 Å². The zero-order chi connectivity index (χ0) is 21.7. The van der Waals surface area contributed by atoms with Gasteiger partial charge >= 0.3 is 5.97 Å². The van der Waals surface area contributed by atoms with Crippen molar-refractivity contribution < 1.29 is 28.0 Å². The van der Waals surface area contributed by atoms with Crippen LogP contribution in [0.15, 0.2) is 53.1 Å².